The molecule has 0 spiro atoms. The molecule has 122 valence electrons. The van der Waals surface area contributed by atoms with E-state index in [4.69, 9.17) is 9.26 Å². The quantitative estimate of drug-likeness (QED) is 0.779. The lowest BCUT2D eigenvalue weighted by molar-refractivity contribution is -0.149. The first-order valence-corrected chi connectivity index (χ1v) is 7.89. The number of esters is 1. The normalized spacial score (nSPS) is 16.4. The van der Waals surface area contributed by atoms with Crippen molar-refractivity contribution in [3.8, 4) is 11.5 Å². The van der Waals surface area contributed by atoms with Gasteiger partial charge in [0.15, 0.2) is 0 Å². The Bertz CT molecular complexity index is 636. The molecule has 0 aromatic carbocycles. The molecule has 1 aliphatic rings. The van der Waals surface area contributed by atoms with E-state index in [0.717, 1.165) is 25.9 Å². The number of hydrogen-bond donors (Lipinski definition) is 0. The molecule has 23 heavy (non-hydrogen) atoms. The molecule has 2 aromatic heterocycles. The molecule has 0 unspecified atom stereocenters. The van der Waals surface area contributed by atoms with E-state index in [1.807, 2.05) is 25.1 Å². The minimum absolute atomic E-state index is 0.0120. The molecule has 3 heterocycles. The first-order valence-electron chi connectivity index (χ1n) is 7.89. The Morgan fingerprint density at radius 1 is 1.39 bits per heavy atom. The molecular weight excluding hydrogens is 296 g/mol. The summed E-state index contributed by atoms with van der Waals surface area (Å²) >= 11 is 0. The van der Waals surface area contributed by atoms with Crippen molar-refractivity contribution in [2.24, 2.45) is 5.92 Å². The minimum atomic E-state index is -0.0811. The van der Waals surface area contributed by atoms with Gasteiger partial charge in [-0.1, -0.05) is 11.2 Å². The molecule has 1 saturated heterocycles. The molecule has 1 aliphatic heterocycles. The standard InChI is InChI=1S/C16H20N4O3/c1-2-22-16(21)12-6-9-20(10-7-12)11-14-18-15(19-23-14)13-5-3-4-8-17-13/h3-5,8,12H,2,6-7,9-11H2,1H3. The van der Waals surface area contributed by atoms with Crippen molar-refractivity contribution in [1.82, 2.24) is 20.0 Å². The Balaban J connectivity index is 1.53. The van der Waals surface area contributed by atoms with E-state index in [1.54, 1.807) is 6.20 Å². The highest BCUT2D eigenvalue weighted by molar-refractivity contribution is 5.72. The summed E-state index contributed by atoms with van der Waals surface area (Å²) in [5.74, 6) is 1.00. The van der Waals surface area contributed by atoms with Gasteiger partial charge < -0.3 is 9.26 Å². The third-order valence-corrected chi connectivity index (χ3v) is 3.93. The van der Waals surface area contributed by atoms with Crippen LogP contribution in [-0.2, 0) is 16.1 Å². The summed E-state index contributed by atoms with van der Waals surface area (Å²) in [6.45, 7) is 4.52. The molecule has 0 amide bonds. The van der Waals surface area contributed by atoms with Gasteiger partial charge >= 0.3 is 5.97 Å². The van der Waals surface area contributed by atoms with Crippen molar-refractivity contribution in [3.63, 3.8) is 0 Å². The van der Waals surface area contributed by atoms with Crippen LogP contribution in [-0.4, -0.2) is 45.7 Å². The smallest absolute Gasteiger partial charge is 0.309 e. The highest BCUT2D eigenvalue weighted by Crippen LogP contribution is 2.20. The van der Waals surface area contributed by atoms with Gasteiger partial charge in [-0.2, -0.15) is 4.98 Å². The average molecular weight is 316 g/mol. The summed E-state index contributed by atoms with van der Waals surface area (Å²) in [6.07, 6.45) is 3.31. The minimum Gasteiger partial charge on any atom is -0.466 e. The Hall–Kier alpha value is -2.28. The number of hydrogen-bond acceptors (Lipinski definition) is 7. The molecule has 1 fully saturated rings. The topological polar surface area (TPSA) is 81.4 Å². The fourth-order valence-electron chi connectivity index (χ4n) is 2.70. The zero-order valence-corrected chi connectivity index (χ0v) is 13.1. The predicted molar refractivity (Wildman–Crippen MR) is 82.2 cm³/mol. The van der Waals surface area contributed by atoms with E-state index in [0.29, 0.717) is 30.6 Å². The maximum Gasteiger partial charge on any atom is 0.309 e. The lowest BCUT2D eigenvalue weighted by Crippen LogP contribution is -2.36. The first-order chi connectivity index (χ1) is 11.3. The number of pyridine rings is 1. The van der Waals surface area contributed by atoms with Crippen LogP contribution in [0.5, 0.6) is 0 Å². The molecular formula is C16H20N4O3. The Labute approximate surface area is 134 Å². The van der Waals surface area contributed by atoms with Gasteiger partial charge in [0.05, 0.1) is 19.1 Å². The number of carbonyl (C=O) groups excluding carboxylic acids is 1. The molecule has 3 rings (SSSR count). The van der Waals surface area contributed by atoms with Gasteiger partial charge in [-0.25, -0.2) is 0 Å². The highest BCUT2D eigenvalue weighted by Gasteiger charge is 2.26. The summed E-state index contributed by atoms with van der Waals surface area (Å²) < 4.78 is 10.4. The third-order valence-electron chi connectivity index (χ3n) is 3.93. The lowest BCUT2D eigenvalue weighted by Gasteiger charge is -2.29. The maximum atomic E-state index is 11.7. The number of rotatable bonds is 5. The maximum absolute atomic E-state index is 11.7. The highest BCUT2D eigenvalue weighted by atomic mass is 16.5. The van der Waals surface area contributed by atoms with Crippen LogP contribution in [0.3, 0.4) is 0 Å². The van der Waals surface area contributed by atoms with Crippen molar-refractivity contribution >= 4 is 5.97 Å². The zero-order valence-electron chi connectivity index (χ0n) is 13.1. The summed E-state index contributed by atoms with van der Waals surface area (Å²) in [5.41, 5.74) is 0.698. The van der Waals surface area contributed by atoms with Crippen molar-refractivity contribution in [1.29, 1.82) is 0 Å². The average Bonchev–Trinajstić information content (AvgIpc) is 3.05. The van der Waals surface area contributed by atoms with Gasteiger partial charge in [0.25, 0.3) is 0 Å². The molecule has 0 aliphatic carbocycles. The SMILES string of the molecule is CCOC(=O)C1CCN(Cc2nc(-c3ccccn3)no2)CC1. The molecule has 2 aromatic rings. The molecule has 0 atom stereocenters. The fourth-order valence-corrected chi connectivity index (χ4v) is 2.70. The Morgan fingerprint density at radius 2 is 2.22 bits per heavy atom. The number of aromatic nitrogens is 3. The second kappa shape index (κ2) is 7.32. The van der Waals surface area contributed by atoms with Gasteiger partial charge in [-0.15, -0.1) is 0 Å². The zero-order chi connectivity index (χ0) is 16.1. The van der Waals surface area contributed by atoms with Gasteiger partial charge in [0, 0.05) is 6.20 Å². The van der Waals surface area contributed by atoms with E-state index >= 15 is 0 Å². The van der Waals surface area contributed by atoms with E-state index in [9.17, 15) is 4.79 Å². The van der Waals surface area contributed by atoms with Gasteiger partial charge in [-0.3, -0.25) is 14.7 Å². The number of piperidine rings is 1. The summed E-state index contributed by atoms with van der Waals surface area (Å²) in [7, 11) is 0. The van der Waals surface area contributed by atoms with E-state index in [1.165, 1.54) is 0 Å². The third kappa shape index (κ3) is 3.92. The Kier molecular flexibility index (Phi) is 4.97. The van der Waals surface area contributed by atoms with Gasteiger partial charge in [0.2, 0.25) is 11.7 Å². The molecule has 7 nitrogen and oxygen atoms in total. The molecule has 0 N–H and O–H groups in total. The van der Waals surface area contributed by atoms with Crippen molar-refractivity contribution < 1.29 is 14.1 Å². The van der Waals surface area contributed by atoms with Crippen molar-refractivity contribution in [3.05, 3.63) is 30.3 Å². The largest absolute Gasteiger partial charge is 0.466 e. The monoisotopic (exact) mass is 316 g/mol. The lowest BCUT2D eigenvalue weighted by atomic mass is 9.97. The molecule has 0 radical (unpaired) electrons. The molecule has 0 saturated carbocycles. The van der Waals surface area contributed by atoms with E-state index in [2.05, 4.69) is 20.0 Å². The van der Waals surface area contributed by atoms with Crippen LogP contribution in [0, 0.1) is 5.92 Å². The van der Waals surface area contributed by atoms with Gasteiger partial charge in [-0.05, 0) is 45.0 Å². The van der Waals surface area contributed by atoms with Crippen molar-refractivity contribution in [2.75, 3.05) is 19.7 Å². The second-order valence-electron chi connectivity index (χ2n) is 5.53. The predicted octanol–water partition coefficient (Wildman–Crippen LogP) is 1.91. The molecule has 7 heteroatoms. The van der Waals surface area contributed by atoms with Crippen LogP contribution < -0.4 is 0 Å². The van der Waals surface area contributed by atoms with Crippen LogP contribution in [0.4, 0.5) is 0 Å². The first kappa shape index (κ1) is 15.6. The van der Waals surface area contributed by atoms with E-state index < -0.39 is 0 Å². The summed E-state index contributed by atoms with van der Waals surface area (Å²) in [6, 6.07) is 5.58. The van der Waals surface area contributed by atoms with E-state index in [-0.39, 0.29) is 11.9 Å². The van der Waals surface area contributed by atoms with Crippen LogP contribution in [0.25, 0.3) is 11.5 Å². The number of likely N-dealkylation sites (tertiary alicyclic amines) is 1. The van der Waals surface area contributed by atoms with Crippen LogP contribution in [0.15, 0.2) is 28.9 Å². The summed E-state index contributed by atoms with van der Waals surface area (Å²) in [4.78, 5) is 22.5. The summed E-state index contributed by atoms with van der Waals surface area (Å²) in [5, 5.41) is 3.97. The molecule has 0 bridgehead atoms. The second-order valence-corrected chi connectivity index (χ2v) is 5.53. The number of carbonyl (C=O) groups is 1. The number of nitrogens with zero attached hydrogens (tertiary/aromatic N) is 4. The Morgan fingerprint density at radius 3 is 2.91 bits per heavy atom. The van der Waals surface area contributed by atoms with Crippen LogP contribution in [0.2, 0.25) is 0 Å². The van der Waals surface area contributed by atoms with Crippen LogP contribution in [0.1, 0.15) is 25.7 Å². The van der Waals surface area contributed by atoms with Crippen LogP contribution >= 0.6 is 0 Å². The van der Waals surface area contributed by atoms with Crippen molar-refractivity contribution in [2.45, 2.75) is 26.3 Å². The number of ether oxygens (including phenoxy) is 1. The van der Waals surface area contributed by atoms with Gasteiger partial charge in [0.1, 0.15) is 5.69 Å². The fraction of sp³-hybridized carbons (Fsp3) is 0.500.